The topological polar surface area (TPSA) is 23.5 Å². The third kappa shape index (κ3) is 3.42. The predicted molar refractivity (Wildman–Crippen MR) is 85.3 cm³/mol. The molecule has 0 aliphatic heterocycles. The van der Waals surface area contributed by atoms with Gasteiger partial charge in [0.25, 0.3) is 0 Å². The molecule has 0 fully saturated rings. The molecular formula is C18H22FNO. The van der Waals surface area contributed by atoms with Crippen molar-refractivity contribution in [2.75, 3.05) is 25.6 Å². The first kappa shape index (κ1) is 15.5. The second-order valence-electron chi connectivity index (χ2n) is 5.94. The highest BCUT2D eigenvalue weighted by Gasteiger charge is 2.29. The average molecular weight is 287 g/mol. The molecule has 3 heteroatoms. The number of rotatable bonds is 5. The Kier molecular flexibility index (Phi) is 4.63. The van der Waals surface area contributed by atoms with E-state index < -0.39 is 5.41 Å². The number of anilines is 1. The van der Waals surface area contributed by atoms with Gasteiger partial charge in [-0.25, -0.2) is 4.39 Å². The zero-order valence-electron chi connectivity index (χ0n) is 12.8. The number of aliphatic hydroxyl groups is 1. The van der Waals surface area contributed by atoms with Crippen LogP contribution >= 0.6 is 0 Å². The highest BCUT2D eigenvalue weighted by Crippen LogP contribution is 2.30. The predicted octanol–water partition coefficient (Wildman–Crippen LogP) is 3.38. The van der Waals surface area contributed by atoms with Crippen LogP contribution in [-0.4, -0.2) is 25.8 Å². The minimum Gasteiger partial charge on any atom is -0.395 e. The van der Waals surface area contributed by atoms with E-state index in [2.05, 4.69) is 0 Å². The van der Waals surface area contributed by atoms with E-state index in [0.717, 1.165) is 11.3 Å². The molecule has 0 aromatic heterocycles. The Morgan fingerprint density at radius 2 is 1.67 bits per heavy atom. The van der Waals surface area contributed by atoms with E-state index in [1.807, 2.05) is 56.3 Å². The van der Waals surface area contributed by atoms with Gasteiger partial charge in [0, 0.05) is 25.2 Å². The molecule has 1 unspecified atom stereocenters. The van der Waals surface area contributed by atoms with E-state index in [-0.39, 0.29) is 12.4 Å². The molecule has 0 heterocycles. The van der Waals surface area contributed by atoms with E-state index in [4.69, 9.17) is 0 Å². The molecule has 2 aromatic rings. The molecule has 0 spiro atoms. The summed E-state index contributed by atoms with van der Waals surface area (Å²) in [4.78, 5) is 2.03. The number of nitrogens with zero attached hydrogens (tertiary/aromatic N) is 1. The van der Waals surface area contributed by atoms with Gasteiger partial charge in [0.15, 0.2) is 0 Å². The van der Waals surface area contributed by atoms with Crippen LogP contribution in [0, 0.1) is 5.82 Å². The first-order valence-electron chi connectivity index (χ1n) is 7.08. The van der Waals surface area contributed by atoms with Gasteiger partial charge in [-0.3, -0.25) is 0 Å². The van der Waals surface area contributed by atoms with Crippen molar-refractivity contribution in [3.63, 3.8) is 0 Å². The van der Waals surface area contributed by atoms with E-state index >= 15 is 0 Å². The summed E-state index contributed by atoms with van der Waals surface area (Å²) in [6.45, 7) is 1.80. The van der Waals surface area contributed by atoms with E-state index in [1.54, 1.807) is 12.1 Å². The summed E-state index contributed by atoms with van der Waals surface area (Å²) in [5.41, 5.74) is 2.14. The lowest BCUT2D eigenvalue weighted by atomic mass is 9.77. The van der Waals surface area contributed by atoms with Crippen molar-refractivity contribution in [1.82, 2.24) is 0 Å². The summed E-state index contributed by atoms with van der Waals surface area (Å²) < 4.78 is 14.0. The highest BCUT2D eigenvalue weighted by atomic mass is 19.1. The van der Waals surface area contributed by atoms with Crippen molar-refractivity contribution in [2.24, 2.45) is 0 Å². The molecule has 0 radical (unpaired) electrons. The van der Waals surface area contributed by atoms with Crippen LogP contribution in [0.2, 0.25) is 0 Å². The summed E-state index contributed by atoms with van der Waals surface area (Å²) in [7, 11) is 3.98. The molecule has 21 heavy (non-hydrogen) atoms. The smallest absolute Gasteiger partial charge is 0.127 e. The van der Waals surface area contributed by atoms with E-state index in [1.165, 1.54) is 6.07 Å². The Morgan fingerprint density at radius 1 is 1.05 bits per heavy atom. The van der Waals surface area contributed by atoms with Crippen LogP contribution in [0.4, 0.5) is 10.1 Å². The summed E-state index contributed by atoms with van der Waals surface area (Å²) in [5, 5.41) is 9.79. The maximum absolute atomic E-state index is 14.0. The van der Waals surface area contributed by atoms with Gasteiger partial charge in [0.05, 0.1) is 6.61 Å². The van der Waals surface area contributed by atoms with E-state index in [0.29, 0.717) is 12.0 Å². The Bertz CT molecular complexity index is 594. The molecule has 0 aliphatic carbocycles. The Balaban J connectivity index is 2.28. The number of hydrogen-bond acceptors (Lipinski definition) is 2. The third-order valence-electron chi connectivity index (χ3n) is 3.92. The number of halogens is 1. The normalized spacial score (nSPS) is 13.8. The van der Waals surface area contributed by atoms with Crippen LogP contribution in [0.5, 0.6) is 0 Å². The molecule has 2 aromatic carbocycles. The van der Waals surface area contributed by atoms with Gasteiger partial charge in [-0.1, -0.05) is 37.3 Å². The summed E-state index contributed by atoms with van der Waals surface area (Å²) in [6.07, 6.45) is 0.595. The van der Waals surface area contributed by atoms with Crippen LogP contribution in [0.3, 0.4) is 0 Å². The molecule has 2 rings (SSSR count). The molecule has 0 saturated carbocycles. The maximum Gasteiger partial charge on any atom is 0.127 e. The lowest BCUT2D eigenvalue weighted by molar-refractivity contribution is 0.201. The van der Waals surface area contributed by atoms with Crippen molar-refractivity contribution < 1.29 is 9.50 Å². The minimum atomic E-state index is -0.620. The fourth-order valence-corrected chi connectivity index (χ4v) is 2.55. The molecular weight excluding hydrogens is 265 g/mol. The molecule has 0 bridgehead atoms. The molecule has 0 aliphatic rings. The van der Waals surface area contributed by atoms with Gasteiger partial charge in [0.1, 0.15) is 5.82 Å². The van der Waals surface area contributed by atoms with Crippen LogP contribution < -0.4 is 4.90 Å². The third-order valence-corrected chi connectivity index (χ3v) is 3.92. The van der Waals surface area contributed by atoms with Crippen molar-refractivity contribution >= 4 is 5.69 Å². The van der Waals surface area contributed by atoms with Crippen molar-refractivity contribution in [2.45, 2.75) is 18.8 Å². The van der Waals surface area contributed by atoms with Gasteiger partial charge in [-0.2, -0.15) is 0 Å². The lowest BCUT2D eigenvalue weighted by Gasteiger charge is -2.28. The monoisotopic (exact) mass is 287 g/mol. The SMILES string of the molecule is CN(C)c1ccc(CC(C)(CO)c2ccccc2F)cc1. The van der Waals surface area contributed by atoms with Gasteiger partial charge in [-0.05, 0) is 35.7 Å². The number of benzene rings is 2. The molecule has 1 N–H and O–H groups in total. The van der Waals surface area contributed by atoms with Gasteiger partial charge in [0.2, 0.25) is 0 Å². The van der Waals surface area contributed by atoms with Crippen molar-refractivity contribution in [1.29, 1.82) is 0 Å². The number of aliphatic hydroxyl groups excluding tert-OH is 1. The van der Waals surface area contributed by atoms with Crippen LogP contribution in [0.25, 0.3) is 0 Å². The average Bonchev–Trinajstić information content (AvgIpc) is 2.48. The minimum absolute atomic E-state index is 0.0939. The fourth-order valence-electron chi connectivity index (χ4n) is 2.55. The maximum atomic E-state index is 14.0. The van der Waals surface area contributed by atoms with Gasteiger partial charge >= 0.3 is 0 Å². The first-order valence-corrected chi connectivity index (χ1v) is 7.08. The van der Waals surface area contributed by atoms with Crippen LogP contribution in [-0.2, 0) is 11.8 Å². The molecule has 2 nitrogen and oxygen atoms in total. The Morgan fingerprint density at radius 3 is 2.19 bits per heavy atom. The van der Waals surface area contributed by atoms with E-state index in [9.17, 15) is 9.50 Å². The molecule has 0 saturated heterocycles. The molecule has 0 amide bonds. The van der Waals surface area contributed by atoms with Gasteiger partial charge < -0.3 is 10.0 Å². The first-order chi connectivity index (χ1) is 9.96. The standard InChI is InChI=1S/C18H22FNO/c1-18(13-21,16-6-4-5-7-17(16)19)12-14-8-10-15(11-9-14)20(2)3/h4-11,21H,12-13H2,1-3H3. The highest BCUT2D eigenvalue weighted by molar-refractivity contribution is 5.46. The molecule has 112 valence electrons. The second-order valence-corrected chi connectivity index (χ2v) is 5.94. The summed E-state index contributed by atoms with van der Waals surface area (Å²) in [6, 6.07) is 14.8. The molecule has 1 atom stereocenters. The van der Waals surface area contributed by atoms with Crippen molar-refractivity contribution in [3.05, 3.63) is 65.5 Å². The second kappa shape index (κ2) is 6.27. The zero-order valence-corrected chi connectivity index (χ0v) is 12.8. The Hall–Kier alpha value is -1.87. The Labute approximate surface area is 125 Å². The lowest BCUT2D eigenvalue weighted by Crippen LogP contribution is -2.30. The van der Waals surface area contributed by atoms with Crippen LogP contribution in [0.15, 0.2) is 48.5 Å². The quantitative estimate of drug-likeness (QED) is 0.911. The number of hydrogen-bond donors (Lipinski definition) is 1. The summed E-state index contributed by atoms with van der Waals surface area (Å²) >= 11 is 0. The summed E-state index contributed by atoms with van der Waals surface area (Å²) in [5.74, 6) is -0.265. The fraction of sp³-hybridized carbons (Fsp3) is 0.333. The largest absolute Gasteiger partial charge is 0.395 e. The van der Waals surface area contributed by atoms with Crippen LogP contribution in [0.1, 0.15) is 18.1 Å². The van der Waals surface area contributed by atoms with Crippen molar-refractivity contribution in [3.8, 4) is 0 Å². The van der Waals surface area contributed by atoms with Gasteiger partial charge in [-0.15, -0.1) is 0 Å². The zero-order chi connectivity index (χ0) is 15.5.